The third-order valence-corrected chi connectivity index (χ3v) is 4.33. The van der Waals surface area contributed by atoms with Gasteiger partial charge in [-0.1, -0.05) is 37.0 Å². The maximum absolute atomic E-state index is 12.1. The number of carbonyl (C=O) groups is 3. The van der Waals surface area contributed by atoms with E-state index in [1.54, 1.807) is 24.3 Å². The van der Waals surface area contributed by atoms with E-state index in [1.807, 2.05) is 6.92 Å². The Bertz CT molecular complexity index is 581. The minimum Gasteiger partial charge on any atom is -0.330 e. The molecule has 0 bridgehead atoms. The fourth-order valence-electron chi connectivity index (χ4n) is 3.14. The zero-order valence-corrected chi connectivity index (χ0v) is 11.9. The molecule has 21 heavy (non-hydrogen) atoms. The number of amides is 2. The summed E-state index contributed by atoms with van der Waals surface area (Å²) in [4.78, 5) is 41.2. The van der Waals surface area contributed by atoms with Crippen LogP contribution >= 0.6 is 0 Å². The Morgan fingerprint density at radius 2 is 1.67 bits per heavy atom. The molecular weight excluding hydrogens is 270 g/mol. The van der Waals surface area contributed by atoms with Gasteiger partial charge in [0.25, 0.3) is 11.8 Å². The van der Waals surface area contributed by atoms with Crippen LogP contribution in [-0.2, 0) is 9.63 Å². The number of nitrogens with zero attached hydrogens (tertiary/aromatic N) is 1. The molecule has 5 heteroatoms. The van der Waals surface area contributed by atoms with Gasteiger partial charge in [0, 0.05) is 0 Å². The van der Waals surface area contributed by atoms with Crippen molar-refractivity contribution in [3.05, 3.63) is 35.4 Å². The second kappa shape index (κ2) is 4.98. The van der Waals surface area contributed by atoms with Crippen LogP contribution in [-0.4, -0.2) is 22.8 Å². The van der Waals surface area contributed by atoms with Crippen LogP contribution in [0, 0.1) is 5.41 Å². The summed E-state index contributed by atoms with van der Waals surface area (Å²) >= 11 is 0. The Labute approximate surface area is 122 Å². The first-order chi connectivity index (χ1) is 10.0. The van der Waals surface area contributed by atoms with Gasteiger partial charge in [0.1, 0.15) is 0 Å². The highest BCUT2D eigenvalue weighted by Crippen LogP contribution is 2.40. The van der Waals surface area contributed by atoms with Gasteiger partial charge in [-0.25, -0.2) is 4.79 Å². The summed E-state index contributed by atoms with van der Waals surface area (Å²) in [5.74, 6) is -1.66. The number of fused-ring (bicyclic) bond motifs is 1. The first-order valence-electron chi connectivity index (χ1n) is 7.19. The SMILES string of the molecule is CC1(CC(=O)ON2C(=O)c3ccccc3C2=O)CCCC1. The van der Waals surface area contributed by atoms with Crippen LogP contribution < -0.4 is 0 Å². The Balaban J connectivity index is 1.70. The number of rotatable bonds is 3. The van der Waals surface area contributed by atoms with E-state index >= 15 is 0 Å². The lowest BCUT2D eigenvalue weighted by molar-refractivity contribution is -0.171. The van der Waals surface area contributed by atoms with E-state index in [0.29, 0.717) is 5.06 Å². The summed E-state index contributed by atoms with van der Waals surface area (Å²) < 4.78 is 0. The summed E-state index contributed by atoms with van der Waals surface area (Å²) in [5.41, 5.74) is 0.486. The quantitative estimate of drug-likeness (QED) is 0.802. The molecule has 0 N–H and O–H groups in total. The van der Waals surface area contributed by atoms with E-state index in [-0.39, 0.29) is 23.0 Å². The molecule has 0 radical (unpaired) electrons. The van der Waals surface area contributed by atoms with E-state index in [0.717, 1.165) is 25.7 Å². The first-order valence-corrected chi connectivity index (χ1v) is 7.19. The minimum atomic E-state index is -0.569. The molecule has 1 aliphatic carbocycles. The van der Waals surface area contributed by atoms with Crippen molar-refractivity contribution >= 4 is 17.8 Å². The van der Waals surface area contributed by atoms with E-state index in [2.05, 4.69) is 0 Å². The van der Waals surface area contributed by atoms with Crippen LogP contribution in [0.3, 0.4) is 0 Å². The zero-order valence-electron chi connectivity index (χ0n) is 11.9. The van der Waals surface area contributed by atoms with Gasteiger partial charge in [0.05, 0.1) is 17.5 Å². The van der Waals surface area contributed by atoms with E-state index in [9.17, 15) is 14.4 Å². The van der Waals surface area contributed by atoms with Crippen LogP contribution in [0.5, 0.6) is 0 Å². The molecule has 1 saturated carbocycles. The molecular formula is C16H17NO4. The molecule has 0 aromatic heterocycles. The van der Waals surface area contributed by atoms with E-state index in [1.165, 1.54) is 0 Å². The molecule has 1 heterocycles. The normalized spacial score (nSPS) is 19.8. The van der Waals surface area contributed by atoms with E-state index in [4.69, 9.17) is 4.84 Å². The molecule has 110 valence electrons. The fraction of sp³-hybridized carbons (Fsp3) is 0.438. The number of imide groups is 1. The second-order valence-corrected chi connectivity index (χ2v) is 6.11. The van der Waals surface area contributed by atoms with Gasteiger partial charge in [-0.2, -0.15) is 0 Å². The molecule has 0 atom stereocenters. The van der Waals surface area contributed by atoms with Crippen LogP contribution in [0.1, 0.15) is 59.7 Å². The zero-order chi connectivity index (χ0) is 15.0. The van der Waals surface area contributed by atoms with Crippen LogP contribution in [0.4, 0.5) is 0 Å². The molecule has 0 unspecified atom stereocenters. The monoisotopic (exact) mass is 287 g/mol. The largest absolute Gasteiger partial charge is 0.333 e. The van der Waals surface area contributed by atoms with Crippen molar-refractivity contribution in [2.24, 2.45) is 5.41 Å². The topological polar surface area (TPSA) is 63.7 Å². The lowest BCUT2D eigenvalue weighted by Crippen LogP contribution is -2.34. The third-order valence-electron chi connectivity index (χ3n) is 4.33. The number of hydroxylamine groups is 2. The average Bonchev–Trinajstić information content (AvgIpc) is 2.97. The van der Waals surface area contributed by atoms with Crippen molar-refractivity contribution in [3.63, 3.8) is 0 Å². The molecule has 2 amide bonds. The summed E-state index contributed by atoms with van der Waals surface area (Å²) in [6.07, 6.45) is 4.41. The van der Waals surface area contributed by atoms with Crippen LogP contribution in [0.2, 0.25) is 0 Å². The number of carbonyl (C=O) groups excluding carboxylic acids is 3. The minimum absolute atomic E-state index is 0.0737. The van der Waals surface area contributed by atoms with Gasteiger partial charge in [-0.3, -0.25) is 9.59 Å². The standard InChI is InChI=1S/C16H17NO4/c1-16(8-4-5-9-16)10-13(18)21-17-14(19)11-6-2-3-7-12(11)15(17)20/h2-3,6-7H,4-5,8-10H2,1H3. The molecule has 1 aromatic rings. The van der Waals surface area contributed by atoms with Gasteiger partial charge in [0.2, 0.25) is 0 Å². The van der Waals surface area contributed by atoms with Gasteiger partial charge >= 0.3 is 5.97 Å². The number of hydrogen-bond donors (Lipinski definition) is 0. The third kappa shape index (κ3) is 2.44. The van der Waals surface area contributed by atoms with Crippen LogP contribution in [0.25, 0.3) is 0 Å². The Kier molecular flexibility index (Phi) is 3.27. The van der Waals surface area contributed by atoms with E-state index < -0.39 is 17.8 Å². The predicted octanol–water partition coefficient (Wildman–Crippen LogP) is 2.71. The highest BCUT2D eigenvalue weighted by Gasteiger charge is 2.40. The molecule has 3 rings (SSSR count). The average molecular weight is 287 g/mol. The Morgan fingerprint density at radius 1 is 1.14 bits per heavy atom. The summed E-state index contributed by atoms with van der Waals surface area (Å²) in [5, 5.41) is 0.589. The first kappa shape index (κ1) is 13.8. The van der Waals surface area contributed by atoms with Gasteiger partial charge in [-0.15, -0.1) is 0 Å². The molecule has 0 saturated heterocycles. The van der Waals surface area contributed by atoms with Crippen molar-refractivity contribution in [2.45, 2.75) is 39.0 Å². The number of hydrogen-bond acceptors (Lipinski definition) is 4. The molecule has 1 aromatic carbocycles. The maximum Gasteiger partial charge on any atom is 0.333 e. The molecule has 5 nitrogen and oxygen atoms in total. The van der Waals surface area contributed by atoms with Crippen molar-refractivity contribution < 1.29 is 19.2 Å². The second-order valence-electron chi connectivity index (χ2n) is 6.11. The lowest BCUT2D eigenvalue weighted by atomic mass is 9.85. The van der Waals surface area contributed by atoms with Crippen molar-refractivity contribution in [1.29, 1.82) is 0 Å². The molecule has 2 aliphatic rings. The molecule has 0 spiro atoms. The Hall–Kier alpha value is -2.17. The summed E-state index contributed by atoms with van der Waals surface area (Å²) in [6, 6.07) is 6.47. The van der Waals surface area contributed by atoms with Crippen molar-refractivity contribution in [1.82, 2.24) is 5.06 Å². The lowest BCUT2D eigenvalue weighted by Gasteiger charge is -2.22. The van der Waals surface area contributed by atoms with Crippen molar-refractivity contribution in [2.75, 3.05) is 0 Å². The fourth-order valence-corrected chi connectivity index (χ4v) is 3.14. The van der Waals surface area contributed by atoms with Crippen LogP contribution in [0.15, 0.2) is 24.3 Å². The predicted molar refractivity (Wildman–Crippen MR) is 74.2 cm³/mol. The summed E-state index contributed by atoms with van der Waals surface area (Å²) in [6.45, 7) is 2.05. The van der Waals surface area contributed by atoms with Gasteiger partial charge in [0.15, 0.2) is 0 Å². The highest BCUT2D eigenvalue weighted by atomic mass is 16.7. The molecule has 1 aliphatic heterocycles. The summed E-state index contributed by atoms with van der Waals surface area (Å²) in [7, 11) is 0. The smallest absolute Gasteiger partial charge is 0.330 e. The van der Waals surface area contributed by atoms with Crippen molar-refractivity contribution in [3.8, 4) is 0 Å². The highest BCUT2D eigenvalue weighted by molar-refractivity contribution is 6.20. The number of benzene rings is 1. The molecule has 1 fully saturated rings. The van der Waals surface area contributed by atoms with Gasteiger partial charge in [-0.05, 0) is 30.4 Å². The maximum atomic E-state index is 12.1. The van der Waals surface area contributed by atoms with Gasteiger partial charge < -0.3 is 4.84 Å². The Morgan fingerprint density at radius 3 is 2.19 bits per heavy atom.